The quantitative estimate of drug-likeness (QED) is 0.135. The van der Waals surface area contributed by atoms with E-state index in [2.05, 4.69) is 24.3 Å². The third kappa shape index (κ3) is 5.92. The number of hydrogen-bond donors (Lipinski definition) is 8. The number of ether oxygens (including phenoxy) is 2. The summed E-state index contributed by atoms with van der Waals surface area (Å²) in [6, 6.07) is 0. The Morgan fingerprint density at radius 2 is 1.65 bits per heavy atom. The minimum absolute atomic E-state index is 0.0962. The van der Waals surface area contributed by atoms with Crippen molar-refractivity contribution in [1.82, 2.24) is 9.97 Å². The molecule has 5 aliphatic rings. The van der Waals surface area contributed by atoms with Crippen molar-refractivity contribution in [1.29, 1.82) is 0 Å². The Hall–Kier alpha value is -2.74. The average Bonchev–Trinajstić information content (AvgIpc) is 3.76. The van der Waals surface area contributed by atoms with Gasteiger partial charge in [-0.05, 0) is 12.5 Å². The predicted octanol–water partition coefficient (Wildman–Crippen LogP) is -1.16. The van der Waals surface area contributed by atoms with Gasteiger partial charge in [-0.25, -0.2) is 24.1 Å². The molecule has 0 aromatic carbocycles. The molecule has 5 heterocycles. The number of rotatable bonds is 10. The molecule has 0 saturated carbocycles. The topological polar surface area (TPSA) is 304 Å². The van der Waals surface area contributed by atoms with Crippen molar-refractivity contribution < 1.29 is 62.2 Å². The Morgan fingerprint density at radius 3 is 2.37 bits per heavy atom. The van der Waals surface area contributed by atoms with Crippen molar-refractivity contribution in [3.05, 3.63) is 47.2 Å². The second-order valence-electron chi connectivity index (χ2n) is 11.3. The highest BCUT2D eigenvalue weighted by Gasteiger charge is 2.57. The maximum atomic E-state index is 12.6. The summed E-state index contributed by atoms with van der Waals surface area (Å²) in [4.78, 5) is 36.6. The van der Waals surface area contributed by atoms with Gasteiger partial charge >= 0.3 is 15.6 Å². The molecular weight excluding hydrogens is 654 g/mol. The number of nitrogens with two attached hydrogens (primary N) is 2. The summed E-state index contributed by atoms with van der Waals surface area (Å²) in [5.74, 6) is -1.03. The van der Waals surface area contributed by atoms with Gasteiger partial charge in [-0.15, -0.1) is 0 Å². The highest BCUT2D eigenvalue weighted by atomic mass is 31.3. The summed E-state index contributed by atoms with van der Waals surface area (Å²) in [6.45, 7) is -0.233. The second-order valence-corrected chi connectivity index (χ2v) is 14.4. The smallest absolute Gasteiger partial charge is 0.388 e. The highest BCUT2D eigenvalue weighted by molar-refractivity contribution is 7.61. The Labute approximate surface area is 260 Å². The second kappa shape index (κ2) is 12.1. The summed E-state index contributed by atoms with van der Waals surface area (Å²) in [5.41, 5.74) is 12.1. The standard InChI is InChI=1S/C25H32N6O13P2/c1-25(13-6-28-17-16(13)30-9-31-24(17)27)22(35)19(33)15(43-25)8-41-46(38,39)44-45(36,37)40-7-14-18(32)20(34)21(42-14)12-5-29-23(26)11-4-2-3-10(11)12/h2-6,9,12-15,18-22,32-35H,7-8,26H2,1H3,(H,36,37)(H,38,39)(H2,27,30,31)/t12?,13?,14-,15+,18?,19?,20+,21-,22-,25-/m1/s1. The molecule has 6 rings (SSSR count). The summed E-state index contributed by atoms with van der Waals surface area (Å²) in [6.07, 6.45) is -0.687. The zero-order valence-electron chi connectivity index (χ0n) is 24.0. The number of phosphoric ester groups is 2. The van der Waals surface area contributed by atoms with Crippen LogP contribution < -0.4 is 11.5 Å². The van der Waals surface area contributed by atoms with E-state index in [1.807, 2.05) is 0 Å². The van der Waals surface area contributed by atoms with Crippen LogP contribution in [0.3, 0.4) is 0 Å². The highest BCUT2D eigenvalue weighted by Crippen LogP contribution is 2.61. The van der Waals surface area contributed by atoms with Crippen molar-refractivity contribution in [2.45, 2.75) is 61.2 Å². The molecule has 4 aliphatic heterocycles. The van der Waals surface area contributed by atoms with Gasteiger partial charge in [0, 0.05) is 23.9 Å². The van der Waals surface area contributed by atoms with Crippen LogP contribution in [-0.4, -0.2) is 114 Å². The summed E-state index contributed by atoms with van der Waals surface area (Å²) >= 11 is 0. The van der Waals surface area contributed by atoms with E-state index in [4.69, 9.17) is 30.0 Å². The van der Waals surface area contributed by atoms with Gasteiger partial charge < -0.3 is 51.2 Å². The van der Waals surface area contributed by atoms with Crippen molar-refractivity contribution in [2.24, 2.45) is 21.6 Å². The van der Waals surface area contributed by atoms with Gasteiger partial charge in [-0.2, -0.15) is 4.31 Å². The zero-order chi connectivity index (χ0) is 33.2. The molecule has 6 unspecified atom stereocenters. The Bertz CT molecular complexity index is 1650. The Balaban J connectivity index is 1.03. The monoisotopic (exact) mass is 686 g/mol. The molecule has 250 valence electrons. The van der Waals surface area contributed by atoms with Crippen LogP contribution in [-0.2, 0) is 32.0 Å². The van der Waals surface area contributed by atoms with E-state index < -0.39 is 89.0 Å². The van der Waals surface area contributed by atoms with Crippen molar-refractivity contribution in [3.63, 3.8) is 0 Å². The fraction of sp³-hybridized carbons (Fsp3) is 0.520. The number of aliphatic hydroxyl groups is 4. The van der Waals surface area contributed by atoms with Gasteiger partial charge in [0.05, 0.1) is 30.9 Å². The van der Waals surface area contributed by atoms with Gasteiger partial charge in [0.15, 0.2) is 5.82 Å². The van der Waals surface area contributed by atoms with Crippen LogP contribution in [0.4, 0.5) is 11.5 Å². The van der Waals surface area contributed by atoms with Crippen LogP contribution >= 0.6 is 15.6 Å². The Morgan fingerprint density at radius 1 is 0.957 bits per heavy atom. The molecular formula is C25H32N6O13P2. The first-order valence-corrected chi connectivity index (χ1v) is 16.9. The molecule has 19 nitrogen and oxygen atoms in total. The molecule has 12 atom stereocenters. The number of nitrogen functional groups attached to an aromatic ring is 1. The molecule has 1 aliphatic carbocycles. The van der Waals surface area contributed by atoms with Crippen molar-refractivity contribution >= 4 is 39.6 Å². The molecule has 2 saturated heterocycles. The lowest BCUT2D eigenvalue weighted by Gasteiger charge is -2.32. The van der Waals surface area contributed by atoms with Crippen LogP contribution in [0.15, 0.2) is 51.5 Å². The molecule has 0 bridgehead atoms. The number of allylic oxidation sites excluding steroid dienone is 4. The Kier molecular flexibility index (Phi) is 8.69. The van der Waals surface area contributed by atoms with Crippen LogP contribution in [0, 0.1) is 5.92 Å². The lowest BCUT2D eigenvalue weighted by Crippen LogP contribution is -2.45. The molecule has 1 aromatic heterocycles. The SMILES string of the molecule is C[C@]1(C2C=Nc3c(N)ncnc32)O[C@@H](COP(=O)(O)OP(=O)(O)OC[C@H]2O[C@H](C3C=NC(N)=C4C=CC=C43)[C@@H](O)C2O)C(O)[C@H]1O. The summed E-state index contributed by atoms with van der Waals surface area (Å²) < 4.78 is 50.7. The van der Waals surface area contributed by atoms with E-state index >= 15 is 0 Å². The number of aliphatic imine (C=N–C) groups is 2. The van der Waals surface area contributed by atoms with E-state index in [9.17, 15) is 39.3 Å². The zero-order valence-corrected chi connectivity index (χ0v) is 25.7. The first-order valence-electron chi connectivity index (χ1n) is 13.9. The number of phosphoric acid groups is 2. The van der Waals surface area contributed by atoms with Crippen LogP contribution in [0.2, 0.25) is 0 Å². The van der Waals surface area contributed by atoms with Gasteiger partial charge in [0.25, 0.3) is 0 Å². The molecule has 10 N–H and O–H groups in total. The first-order chi connectivity index (χ1) is 21.6. The number of hydrogen-bond acceptors (Lipinski definition) is 17. The van der Waals surface area contributed by atoms with E-state index in [0.717, 1.165) is 0 Å². The number of aliphatic hydroxyl groups excluding tert-OH is 4. The number of anilines is 1. The molecule has 0 radical (unpaired) electrons. The average molecular weight is 687 g/mol. The maximum Gasteiger partial charge on any atom is 0.481 e. The summed E-state index contributed by atoms with van der Waals surface area (Å²) in [7, 11) is -10.7. The van der Waals surface area contributed by atoms with Gasteiger partial charge in [0.2, 0.25) is 0 Å². The fourth-order valence-corrected chi connectivity index (χ4v) is 8.15. The lowest BCUT2D eigenvalue weighted by molar-refractivity contribution is -0.0842. The number of fused-ring (bicyclic) bond motifs is 2. The molecule has 0 spiro atoms. The third-order valence-electron chi connectivity index (χ3n) is 8.46. The largest absolute Gasteiger partial charge is 0.481 e. The van der Waals surface area contributed by atoms with Gasteiger partial charge in [0.1, 0.15) is 60.1 Å². The molecule has 21 heteroatoms. The van der Waals surface area contributed by atoms with E-state index in [-0.39, 0.29) is 17.3 Å². The molecule has 0 amide bonds. The van der Waals surface area contributed by atoms with E-state index in [1.54, 1.807) is 18.2 Å². The normalized spacial score (nSPS) is 38.9. The molecule has 2 fully saturated rings. The van der Waals surface area contributed by atoms with Crippen molar-refractivity contribution in [3.8, 4) is 0 Å². The number of nitrogens with zero attached hydrogens (tertiary/aromatic N) is 4. The molecule has 1 aromatic rings. The summed E-state index contributed by atoms with van der Waals surface area (Å²) in [5, 5.41) is 42.6. The van der Waals surface area contributed by atoms with E-state index in [1.165, 1.54) is 25.7 Å². The first kappa shape index (κ1) is 33.2. The number of aromatic nitrogens is 2. The van der Waals surface area contributed by atoms with Crippen molar-refractivity contribution in [2.75, 3.05) is 18.9 Å². The minimum Gasteiger partial charge on any atom is -0.388 e. The fourth-order valence-electron chi connectivity index (χ4n) is 6.06. The minimum atomic E-state index is -5.36. The lowest BCUT2D eigenvalue weighted by atomic mass is 9.82. The van der Waals surface area contributed by atoms with Gasteiger partial charge in [-0.3, -0.25) is 14.0 Å². The van der Waals surface area contributed by atoms with Crippen LogP contribution in [0.5, 0.6) is 0 Å². The van der Waals surface area contributed by atoms with E-state index in [0.29, 0.717) is 16.8 Å². The maximum absolute atomic E-state index is 12.6. The van der Waals surface area contributed by atoms with Gasteiger partial charge in [-0.1, -0.05) is 18.2 Å². The van der Waals surface area contributed by atoms with Crippen LogP contribution in [0.25, 0.3) is 0 Å². The van der Waals surface area contributed by atoms with Crippen LogP contribution in [0.1, 0.15) is 18.5 Å². The molecule has 46 heavy (non-hydrogen) atoms. The third-order valence-corrected chi connectivity index (χ3v) is 11.1. The predicted molar refractivity (Wildman–Crippen MR) is 156 cm³/mol.